The van der Waals surface area contributed by atoms with Gasteiger partial charge in [-0.25, -0.2) is 13.1 Å². The van der Waals surface area contributed by atoms with Crippen LogP contribution in [0.25, 0.3) is 0 Å². The molecule has 1 aromatic rings. The lowest BCUT2D eigenvalue weighted by molar-refractivity contribution is 0.413. The third-order valence-electron chi connectivity index (χ3n) is 2.38. The lowest BCUT2D eigenvalue weighted by atomic mass is 10.1. The Kier molecular flexibility index (Phi) is 4.08. The number of hydrogen-bond donors (Lipinski definition) is 1. The first-order valence-electron chi connectivity index (χ1n) is 5.76. The molecule has 0 aliphatic rings. The second kappa shape index (κ2) is 4.90. The fourth-order valence-electron chi connectivity index (χ4n) is 1.91. The van der Waals surface area contributed by atoms with E-state index in [-0.39, 0.29) is 0 Å². The van der Waals surface area contributed by atoms with E-state index < -0.39 is 15.6 Å². The minimum Gasteiger partial charge on any atom is -0.497 e. The molecule has 1 N–H and O–H groups in total. The fraction of sp³-hybridized carbons (Fsp3) is 0.538. The number of benzene rings is 1. The van der Waals surface area contributed by atoms with Gasteiger partial charge >= 0.3 is 0 Å². The monoisotopic (exact) mass is 271 g/mol. The van der Waals surface area contributed by atoms with Gasteiger partial charge in [0, 0.05) is 5.54 Å². The van der Waals surface area contributed by atoms with Gasteiger partial charge in [-0.2, -0.15) is 0 Å². The highest BCUT2D eigenvalue weighted by molar-refractivity contribution is 7.89. The molecule has 0 atom stereocenters. The van der Waals surface area contributed by atoms with Gasteiger partial charge in [0.05, 0.1) is 12.0 Å². The van der Waals surface area contributed by atoms with E-state index in [2.05, 4.69) is 4.72 Å². The van der Waals surface area contributed by atoms with Crippen molar-refractivity contribution in [2.24, 2.45) is 0 Å². The Labute approximate surface area is 109 Å². The molecule has 4 nitrogen and oxygen atoms in total. The quantitative estimate of drug-likeness (QED) is 0.918. The van der Waals surface area contributed by atoms with Crippen LogP contribution in [0.15, 0.2) is 17.0 Å². The maximum absolute atomic E-state index is 12.3. The maximum Gasteiger partial charge on any atom is 0.241 e. The molecule has 0 saturated carbocycles. The lowest BCUT2D eigenvalue weighted by Crippen LogP contribution is -2.41. The molecule has 18 heavy (non-hydrogen) atoms. The Hall–Kier alpha value is -1.07. The summed E-state index contributed by atoms with van der Waals surface area (Å²) in [6, 6.07) is 3.45. The number of nitrogens with one attached hydrogen (secondary N) is 1. The second-order valence-corrected chi connectivity index (χ2v) is 7.07. The smallest absolute Gasteiger partial charge is 0.241 e. The van der Waals surface area contributed by atoms with E-state index in [1.54, 1.807) is 33.1 Å². The molecule has 0 fully saturated rings. The summed E-state index contributed by atoms with van der Waals surface area (Å²) in [7, 11) is -1.94. The maximum atomic E-state index is 12.3. The van der Waals surface area contributed by atoms with E-state index in [4.69, 9.17) is 4.74 Å². The Morgan fingerprint density at radius 1 is 1.11 bits per heavy atom. The van der Waals surface area contributed by atoms with Gasteiger partial charge in [0.1, 0.15) is 5.75 Å². The van der Waals surface area contributed by atoms with Crippen LogP contribution in [0.1, 0.15) is 31.9 Å². The van der Waals surface area contributed by atoms with Gasteiger partial charge in [-0.1, -0.05) is 0 Å². The van der Waals surface area contributed by atoms with Crippen LogP contribution < -0.4 is 9.46 Å². The molecule has 0 aromatic heterocycles. The van der Waals surface area contributed by atoms with Crippen LogP contribution in [0, 0.1) is 13.8 Å². The van der Waals surface area contributed by atoms with Crippen molar-refractivity contribution in [1.82, 2.24) is 4.72 Å². The number of methoxy groups -OCH3 is 1. The Morgan fingerprint density at radius 2 is 1.56 bits per heavy atom. The fourth-order valence-corrected chi connectivity index (χ4v) is 3.78. The van der Waals surface area contributed by atoms with Crippen LogP contribution in [-0.2, 0) is 10.0 Å². The molecule has 0 heterocycles. The topological polar surface area (TPSA) is 55.4 Å². The molecule has 0 saturated heterocycles. The Balaban J connectivity index is 3.34. The summed E-state index contributed by atoms with van der Waals surface area (Å²) in [5, 5.41) is 0. The van der Waals surface area contributed by atoms with E-state index in [1.165, 1.54) is 0 Å². The van der Waals surface area contributed by atoms with Crippen molar-refractivity contribution >= 4 is 10.0 Å². The van der Waals surface area contributed by atoms with Crippen molar-refractivity contribution in [3.05, 3.63) is 23.3 Å². The number of ether oxygens (including phenoxy) is 1. The first kappa shape index (κ1) is 15.0. The van der Waals surface area contributed by atoms with Crippen molar-refractivity contribution < 1.29 is 13.2 Å². The highest BCUT2D eigenvalue weighted by atomic mass is 32.2. The van der Waals surface area contributed by atoms with Crippen molar-refractivity contribution in [2.45, 2.75) is 45.1 Å². The third-order valence-corrected chi connectivity index (χ3v) is 4.44. The molecule has 0 aliphatic carbocycles. The Morgan fingerprint density at radius 3 is 1.89 bits per heavy atom. The number of hydrogen-bond acceptors (Lipinski definition) is 3. The summed E-state index contributed by atoms with van der Waals surface area (Å²) in [5.41, 5.74) is 0.865. The zero-order valence-corrected chi connectivity index (χ0v) is 12.6. The normalized spacial score (nSPS) is 12.6. The van der Waals surface area contributed by atoms with Crippen LogP contribution in [0.5, 0.6) is 5.75 Å². The van der Waals surface area contributed by atoms with E-state index in [9.17, 15) is 8.42 Å². The summed E-state index contributed by atoms with van der Waals surface area (Å²) in [6.45, 7) is 9.00. The van der Waals surface area contributed by atoms with Gasteiger partial charge in [-0.15, -0.1) is 0 Å². The molecule has 1 aromatic carbocycles. The molecule has 0 amide bonds. The van der Waals surface area contributed by atoms with E-state index >= 15 is 0 Å². The van der Waals surface area contributed by atoms with Crippen LogP contribution in [0.3, 0.4) is 0 Å². The average Bonchev–Trinajstić information content (AvgIpc) is 2.11. The largest absolute Gasteiger partial charge is 0.497 e. The second-order valence-electron chi connectivity index (χ2n) is 5.45. The molecule has 1 rings (SSSR count). The van der Waals surface area contributed by atoms with Gasteiger partial charge in [-0.05, 0) is 57.9 Å². The molecule has 0 aliphatic heterocycles. The molecule has 0 bridgehead atoms. The van der Waals surface area contributed by atoms with Crippen molar-refractivity contribution in [3.63, 3.8) is 0 Å². The number of sulfonamides is 1. The summed E-state index contributed by atoms with van der Waals surface area (Å²) in [6.07, 6.45) is 0. The number of aryl methyl sites for hydroxylation is 2. The highest BCUT2D eigenvalue weighted by Gasteiger charge is 2.25. The van der Waals surface area contributed by atoms with E-state index in [1.807, 2.05) is 20.8 Å². The predicted molar refractivity (Wildman–Crippen MR) is 72.5 cm³/mol. The van der Waals surface area contributed by atoms with E-state index in [0.29, 0.717) is 21.8 Å². The zero-order valence-electron chi connectivity index (χ0n) is 11.8. The van der Waals surface area contributed by atoms with Crippen LogP contribution in [0.2, 0.25) is 0 Å². The molecule has 102 valence electrons. The SMILES string of the molecule is COc1cc(C)c(S(=O)(=O)NC(C)(C)C)c(C)c1. The Bertz CT molecular complexity index is 519. The summed E-state index contributed by atoms with van der Waals surface area (Å²) >= 11 is 0. The van der Waals surface area contributed by atoms with Gasteiger partial charge in [-0.3, -0.25) is 0 Å². The standard InChI is InChI=1S/C13H21NO3S/c1-9-7-11(17-6)8-10(2)12(9)18(15,16)14-13(3,4)5/h7-8,14H,1-6H3. The molecule has 0 radical (unpaired) electrons. The van der Waals surface area contributed by atoms with Crippen molar-refractivity contribution in [2.75, 3.05) is 7.11 Å². The molecule has 0 spiro atoms. The van der Waals surface area contributed by atoms with E-state index in [0.717, 1.165) is 0 Å². The predicted octanol–water partition coefficient (Wildman–Crippen LogP) is 2.39. The zero-order chi connectivity index (χ0) is 14.1. The van der Waals surface area contributed by atoms with Crippen molar-refractivity contribution in [1.29, 1.82) is 0 Å². The molecular weight excluding hydrogens is 250 g/mol. The van der Waals surface area contributed by atoms with Gasteiger partial charge in [0.15, 0.2) is 0 Å². The summed E-state index contributed by atoms with van der Waals surface area (Å²) in [5.74, 6) is 0.666. The third kappa shape index (κ3) is 3.46. The van der Waals surface area contributed by atoms with Crippen molar-refractivity contribution in [3.8, 4) is 5.75 Å². The molecular formula is C13H21NO3S. The first-order chi connectivity index (χ1) is 8.07. The van der Waals surface area contributed by atoms with Crippen LogP contribution in [-0.4, -0.2) is 21.1 Å². The first-order valence-corrected chi connectivity index (χ1v) is 7.24. The minimum absolute atomic E-state index is 0.332. The average molecular weight is 271 g/mol. The minimum atomic E-state index is -3.51. The molecule has 5 heteroatoms. The van der Waals surface area contributed by atoms with Gasteiger partial charge < -0.3 is 4.74 Å². The van der Waals surface area contributed by atoms with Gasteiger partial charge in [0.2, 0.25) is 10.0 Å². The number of rotatable bonds is 3. The summed E-state index contributed by atoms with van der Waals surface area (Å²) < 4.78 is 32.5. The lowest BCUT2D eigenvalue weighted by Gasteiger charge is -2.22. The summed E-state index contributed by atoms with van der Waals surface area (Å²) in [4.78, 5) is 0.332. The van der Waals surface area contributed by atoms with Crippen LogP contribution >= 0.6 is 0 Å². The van der Waals surface area contributed by atoms with Gasteiger partial charge in [0.25, 0.3) is 0 Å². The molecule has 0 unspecified atom stereocenters. The van der Waals surface area contributed by atoms with Crippen LogP contribution in [0.4, 0.5) is 0 Å². The highest BCUT2D eigenvalue weighted by Crippen LogP contribution is 2.26.